The summed E-state index contributed by atoms with van der Waals surface area (Å²) >= 11 is 0. The molecule has 4 aromatic rings. The zero-order valence-corrected chi connectivity index (χ0v) is 12.6. The summed E-state index contributed by atoms with van der Waals surface area (Å²) < 4.78 is 3.70. The average molecular weight is 315 g/mol. The summed E-state index contributed by atoms with van der Waals surface area (Å²) in [7, 11) is 0. The van der Waals surface area contributed by atoms with Crippen LogP contribution in [0.2, 0.25) is 0 Å². The van der Waals surface area contributed by atoms with Crippen LogP contribution in [-0.2, 0) is 0 Å². The van der Waals surface area contributed by atoms with E-state index in [9.17, 15) is 4.79 Å². The van der Waals surface area contributed by atoms with Crippen LogP contribution < -0.4 is 0 Å². The summed E-state index contributed by atoms with van der Waals surface area (Å²) in [5.41, 5.74) is 2.65. The number of benzene rings is 1. The highest BCUT2D eigenvalue weighted by Crippen LogP contribution is 2.24. The Hall–Kier alpha value is -3.54. The maximum absolute atomic E-state index is 10.8. The van der Waals surface area contributed by atoms with Crippen LogP contribution in [0, 0.1) is 0 Å². The largest absolute Gasteiger partial charge is 0.298 e. The van der Waals surface area contributed by atoms with Crippen LogP contribution in [0.25, 0.3) is 22.8 Å². The Bertz CT molecular complexity index is 905. The monoisotopic (exact) mass is 315 g/mol. The van der Waals surface area contributed by atoms with Gasteiger partial charge >= 0.3 is 0 Å². The molecule has 3 heterocycles. The van der Waals surface area contributed by atoms with Crippen molar-refractivity contribution in [2.24, 2.45) is 0 Å². The molecule has 0 aliphatic heterocycles. The summed E-state index contributed by atoms with van der Waals surface area (Å²) in [5.74, 6) is 1.52. The molecular weight excluding hydrogens is 302 g/mol. The highest BCUT2D eigenvalue weighted by molar-refractivity contribution is 5.77. The first-order valence-corrected chi connectivity index (χ1v) is 7.38. The molecule has 0 atom stereocenters. The molecule has 0 saturated carbocycles. The molecule has 0 saturated heterocycles. The number of aldehydes is 1. The summed E-state index contributed by atoms with van der Waals surface area (Å²) in [6.07, 6.45) is 11.4. The predicted octanol–water partition coefficient (Wildman–Crippen LogP) is 2.93. The molecule has 116 valence electrons. The van der Waals surface area contributed by atoms with E-state index in [4.69, 9.17) is 0 Å². The highest BCUT2D eigenvalue weighted by atomic mass is 16.1. The van der Waals surface area contributed by atoms with Gasteiger partial charge in [-0.2, -0.15) is 0 Å². The van der Waals surface area contributed by atoms with Gasteiger partial charge in [0.2, 0.25) is 0 Å². The number of hydrogen-bond acceptors (Lipinski definition) is 4. The fourth-order valence-electron chi connectivity index (χ4n) is 2.48. The normalized spacial score (nSPS) is 10.7. The number of nitrogens with zero attached hydrogens (tertiary/aromatic N) is 5. The number of pyridine rings is 1. The van der Waals surface area contributed by atoms with Crippen molar-refractivity contribution in [1.29, 1.82) is 0 Å². The SMILES string of the molecule is O=Cc1ccc(-c2cc(-n3ccnc3)nc(-n3ccnc3)c2)cc1. The molecule has 0 aliphatic rings. The molecule has 6 nitrogen and oxygen atoms in total. The zero-order valence-electron chi connectivity index (χ0n) is 12.6. The van der Waals surface area contributed by atoms with Gasteiger partial charge in [-0.1, -0.05) is 24.3 Å². The summed E-state index contributed by atoms with van der Waals surface area (Å²) in [5, 5.41) is 0. The molecule has 0 bridgehead atoms. The first kappa shape index (κ1) is 14.1. The minimum atomic E-state index is 0.650. The molecular formula is C18H13N5O. The van der Waals surface area contributed by atoms with Gasteiger partial charge in [0.15, 0.2) is 0 Å². The fourth-order valence-corrected chi connectivity index (χ4v) is 2.48. The molecule has 4 rings (SSSR count). The Balaban J connectivity index is 1.87. The molecule has 0 N–H and O–H groups in total. The molecule has 0 amide bonds. The molecule has 24 heavy (non-hydrogen) atoms. The van der Waals surface area contributed by atoms with Gasteiger partial charge in [-0.05, 0) is 23.3 Å². The number of aromatic nitrogens is 5. The standard InChI is InChI=1S/C18H13N5O/c24-11-14-1-3-15(4-2-14)16-9-17(22-7-5-19-12-22)21-18(10-16)23-8-6-20-13-23/h1-13H. The third-order valence-corrected chi connectivity index (χ3v) is 3.72. The first-order chi connectivity index (χ1) is 11.8. The quantitative estimate of drug-likeness (QED) is 0.543. The Labute approximate surface area is 138 Å². The van der Waals surface area contributed by atoms with E-state index in [0.29, 0.717) is 5.56 Å². The fraction of sp³-hybridized carbons (Fsp3) is 0. The van der Waals surface area contributed by atoms with Crippen molar-refractivity contribution < 1.29 is 4.79 Å². The molecule has 0 aliphatic carbocycles. The van der Waals surface area contributed by atoms with Crippen LogP contribution in [0.3, 0.4) is 0 Å². The predicted molar refractivity (Wildman–Crippen MR) is 89.3 cm³/mol. The Morgan fingerprint density at radius 1 is 0.792 bits per heavy atom. The van der Waals surface area contributed by atoms with Crippen LogP contribution in [0.5, 0.6) is 0 Å². The Kier molecular flexibility index (Phi) is 3.47. The number of carbonyl (C=O) groups excluding carboxylic acids is 1. The van der Waals surface area contributed by atoms with Crippen molar-refractivity contribution in [2.75, 3.05) is 0 Å². The van der Waals surface area contributed by atoms with Gasteiger partial charge in [0.05, 0.1) is 0 Å². The molecule has 0 fully saturated rings. The van der Waals surface area contributed by atoms with Crippen LogP contribution in [0.4, 0.5) is 0 Å². The second kappa shape index (κ2) is 5.92. The van der Waals surface area contributed by atoms with E-state index in [2.05, 4.69) is 15.0 Å². The highest BCUT2D eigenvalue weighted by Gasteiger charge is 2.08. The molecule has 0 spiro atoms. The van der Waals surface area contributed by atoms with Gasteiger partial charge in [0.1, 0.15) is 30.6 Å². The van der Waals surface area contributed by atoms with Crippen molar-refractivity contribution in [3.8, 4) is 22.8 Å². The third-order valence-electron chi connectivity index (χ3n) is 3.72. The van der Waals surface area contributed by atoms with E-state index in [1.54, 1.807) is 37.2 Å². The summed E-state index contributed by atoms with van der Waals surface area (Å²) in [6.45, 7) is 0. The van der Waals surface area contributed by atoms with Gasteiger partial charge < -0.3 is 0 Å². The van der Waals surface area contributed by atoms with Crippen molar-refractivity contribution in [1.82, 2.24) is 24.1 Å². The second-order valence-electron chi connectivity index (χ2n) is 5.25. The summed E-state index contributed by atoms with van der Waals surface area (Å²) in [6, 6.07) is 11.4. The third kappa shape index (κ3) is 2.61. The molecule has 6 heteroatoms. The molecule has 0 unspecified atom stereocenters. The van der Waals surface area contributed by atoms with E-state index >= 15 is 0 Å². The number of hydrogen-bond donors (Lipinski definition) is 0. The van der Waals surface area contributed by atoms with Crippen LogP contribution in [0.15, 0.2) is 73.8 Å². The lowest BCUT2D eigenvalue weighted by Crippen LogP contribution is -2.01. The van der Waals surface area contributed by atoms with Gasteiger partial charge in [-0.25, -0.2) is 15.0 Å². The number of carbonyl (C=O) groups is 1. The molecule has 1 aromatic carbocycles. The number of imidazole rings is 2. The molecule has 0 radical (unpaired) electrons. The van der Waals surface area contributed by atoms with Crippen LogP contribution in [-0.4, -0.2) is 30.4 Å². The van der Waals surface area contributed by atoms with Gasteiger partial charge in [-0.15, -0.1) is 0 Å². The molecule has 3 aromatic heterocycles. The van der Waals surface area contributed by atoms with Gasteiger partial charge in [0, 0.05) is 30.4 Å². The lowest BCUT2D eigenvalue weighted by Gasteiger charge is -2.10. The minimum absolute atomic E-state index is 0.650. The Morgan fingerprint density at radius 3 is 1.83 bits per heavy atom. The lowest BCUT2D eigenvalue weighted by molar-refractivity contribution is 0.112. The van der Waals surface area contributed by atoms with E-state index in [1.165, 1.54) is 0 Å². The number of rotatable bonds is 4. The topological polar surface area (TPSA) is 65.6 Å². The smallest absolute Gasteiger partial charge is 0.150 e. The van der Waals surface area contributed by atoms with Gasteiger partial charge in [-0.3, -0.25) is 13.9 Å². The second-order valence-corrected chi connectivity index (χ2v) is 5.25. The van der Waals surface area contributed by atoms with E-state index in [0.717, 1.165) is 29.0 Å². The van der Waals surface area contributed by atoms with Crippen molar-refractivity contribution in [3.63, 3.8) is 0 Å². The average Bonchev–Trinajstić information content (AvgIpc) is 3.35. The van der Waals surface area contributed by atoms with Crippen molar-refractivity contribution in [2.45, 2.75) is 0 Å². The maximum Gasteiger partial charge on any atom is 0.150 e. The summed E-state index contributed by atoms with van der Waals surface area (Å²) in [4.78, 5) is 23.7. The van der Waals surface area contributed by atoms with Crippen LogP contribution >= 0.6 is 0 Å². The van der Waals surface area contributed by atoms with E-state index in [-0.39, 0.29) is 0 Å². The van der Waals surface area contributed by atoms with Crippen molar-refractivity contribution in [3.05, 3.63) is 79.4 Å². The minimum Gasteiger partial charge on any atom is -0.298 e. The van der Waals surface area contributed by atoms with E-state index < -0.39 is 0 Å². The lowest BCUT2D eigenvalue weighted by atomic mass is 10.0. The van der Waals surface area contributed by atoms with Crippen molar-refractivity contribution >= 4 is 6.29 Å². The zero-order chi connectivity index (χ0) is 16.4. The van der Waals surface area contributed by atoms with Crippen LogP contribution in [0.1, 0.15) is 10.4 Å². The first-order valence-electron chi connectivity index (χ1n) is 7.38. The maximum atomic E-state index is 10.8. The van der Waals surface area contributed by atoms with Gasteiger partial charge in [0.25, 0.3) is 0 Å². The van der Waals surface area contributed by atoms with E-state index in [1.807, 2.05) is 45.8 Å². The Morgan fingerprint density at radius 2 is 1.38 bits per heavy atom.